The molecule has 2 fully saturated rings. The van der Waals surface area contributed by atoms with Crippen LogP contribution in [0.15, 0.2) is 97.2 Å². The van der Waals surface area contributed by atoms with Crippen LogP contribution in [0.1, 0.15) is 124 Å². The number of imidazole rings is 3. The quantitative estimate of drug-likeness (QED) is 0.0731. The number of ketones is 2. The Labute approximate surface area is 604 Å². The van der Waals surface area contributed by atoms with Gasteiger partial charge < -0.3 is 60.8 Å². The molecule has 9 aromatic rings. The van der Waals surface area contributed by atoms with E-state index in [1.54, 1.807) is 36.5 Å². The number of rotatable bonds is 7. The highest BCUT2D eigenvalue weighted by Gasteiger charge is 2.38. The molecule has 24 nitrogen and oxygen atoms in total. The fourth-order valence-electron chi connectivity index (χ4n) is 14.3. The SMILES string of the molecule is CCC1CC(=N)C(C)C(=O)CCCOc2cccc(c2)-c2[nH]c3cc(-c4nc5ccc(N6CCN(C)CC6)cc5[nH]4)ccc3[n+]2CC(C)(C)c2cc(-c3nc4ccc(N5CCN(C)CC5)cc4[nH]3)cc(C(C)(C)C)c2OCCCC(=O)NCCCn2cc(nn2)CN(CC(N)=O)C(C)(C)C(=O)CN1. The number of aromatic nitrogens is 9. The van der Waals surface area contributed by atoms with Gasteiger partial charge in [-0.2, -0.15) is 0 Å². The summed E-state index contributed by atoms with van der Waals surface area (Å²) in [5, 5.41) is 24.3. The Morgan fingerprint density at radius 2 is 1.38 bits per heavy atom. The minimum Gasteiger partial charge on any atom is -0.494 e. The number of fused-ring (bicyclic) bond motifs is 11. The van der Waals surface area contributed by atoms with Crippen molar-refractivity contribution < 1.29 is 33.2 Å². The van der Waals surface area contributed by atoms with E-state index in [1.807, 2.05) is 25.1 Å². The van der Waals surface area contributed by atoms with Gasteiger partial charge in [0.05, 0.1) is 71.1 Å². The Hall–Kier alpha value is -9.36. The predicted octanol–water partition coefficient (Wildman–Crippen LogP) is 9.74. The van der Waals surface area contributed by atoms with Gasteiger partial charge in [0, 0.05) is 154 Å². The maximum atomic E-state index is 14.1. The van der Waals surface area contributed by atoms with Crippen LogP contribution in [-0.4, -0.2) is 195 Å². The molecule has 103 heavy (non-hydrogen) atoms. The fourth-order valence-corrected chi connectivity index (χ4v) is 14.3. The van der Waals surface area contributed by atoms with Crippen LogP contribution < -0.4 is 40.2 Å². The number of nitrogens with two attached hydrogens (primary N) is 1. The summed E-state index contributed by atoms with van der Waals surface area (Å²) in [7, 11) is 4.35. The van der Waals surface area contributed by atoms with Crippen LogP contribution in [0.3, 0.4) is 0 Å². The molecule has 24 heteroatoms. The largest absolute Gasteiger partial charge is 0.494 e. The summed E-state index contributed by atoms with van der Waals surface area (Å²) in [5.41, 5.74) is 17.1. The molecule has 546 valence electrons. The average Bonchev–Trinajstić information content (AvgIpc) is 1.68. The van der Waals surface area contributed by atoms with Gasteiger partial charge >= 0.3 is 0 Å². The van der Waals surface area contributed by atoms with E-state index < -0.39 is 28.2 Å². The van der Waals surface area contributed by atoms with E-state index in [-0.39, 0.29) is 81.3 Å². The number of Topliss-reactive ketones (excluding diaryl/α,β-unsaturated/α-hetero) is 2. The molecule has 4 aromatic heterocycles. The number of carbonyl (C=O) groups is 4. The van der Waals surface area contributed by atoms with Crippen molar-refractivity contribution in [1.29, 1.82) is 5.41 Å². The predicted molar refractivity (Wildman–Crippen MR) is 406 cm³/mol. The van der Waals surface area contributed by atoms with Gasteiger partial charge in [0.25, 0.3) is 5.82 Å². The van der Waals surface area contributed by atoms with Crippen molar-refractivity contribution in [1.82, 2.24) is 65.2 Å². The monoisotopic (exact) mass is 1400 g/mol. The Morgan fingerprint density at radius 1 is 0.728 bits per heavy atom. The summed E-state index contributed by atoms with van der Waals surface area (Å²) in [6.07, 6.45) is 4.63. The van der Waals surface area contributed by atoms with Crippen molar-refractivity contribution in [2.45, 2.75) is 149 Å². The first-order chi connectivity index (χ1) is 49.3. The van der Waals surface area contributed by atoms with E-state index >= 15 is 0 Å². The molecular formula is C79H105N18O6+. The third kappa shape index (κ3) is 17.3. The number of benzene rings is 5. The van der Waals surface area contributed by atoms with E-state index in [4.69, 9.17) is 30.6 Å². The smallest absolute Gasteiger partial charge is 0.287 e. The highest BCUT2D eigenvalue weighted by molar-refractivity contribution is 6.03. The normalized spacial score (nSPS) is 20.0. The Bertz CT molecular complexity index is 4540. The molecule has 4 bridgehead atoms. The lowest BCUT2D eigenvalue weighted by Crippen LogP contribution is -2.55. The molecule has 8 N–H and O–H groups in total. The summed E-state index contributed by atoms with van der Waals surface area (Å²) in [5.74, 6) is 2.25. The highest BCUT2D eigenvalue weighted by Crippen LogP contribution is 2.44. The second-order valence-electron chi connectivity index (χ2n) is 30.8. The van der Waals surface area contributed by atoms with Crippen LogP contribution in [-0.2, 0) is 49.6 Å². The Kier molecular flexibility index (Phi) is 22.3. The summed E-state index contributed by atoms with van der Waals surface area (Å²) >= 11 is 0. The van der Waals surface area contributed by atoms with Gasteiger partial charge in [0.15, 0.2) is 16.8 Å². The molecule has 0 radical (unpaired) electrons. The molecule has 0 spiro atoms. The second kappa shape index (κ2) is 31.3. The number of aryl methyl sites for hydroxylation is 1. The van der Waals surface area contributed by atoms with Crippen LogP contribution in [0.25, 0.3) is 67.3 Å². The molecule has 12 rings (SSSR count). The number of hydrogen-bond acceptors (Lipinski definition) is 17. The minimum absolute atomic E-state index is 0.0294. The zero-order chi connectivity index (χ0) is 72.9. The molecular weight excluding hydrogens is 1300 g/mol. The minimum atomic E-state index is -1.14. The molecule has 3 aliphatic heterocycles. The van der Waals surface area contributed by atoms with Crippen molar-refractivity contribution in [2.75, 3.05) is 109 Å². The van der Waals surface area contributed by atoms with Crippen LogP contribution in [0.2, 0.25) is 0 Å². The Balaban J connectivity index is 0.892. The van der Waals surface area contributed by atoms with Crippen LogP contribution >= 0.6 is 0 Å². The number of likely N-dealkylation sites (N-methyl/N-ethyl adjacent to an activating group) is 2. The zero-order valence-corrected chi connectivity index (χ0v) is 62.1. The lowest BCUT2D eigenvalue weighted by atomic mass is 9.77. The number of carbonyl (C=O) groups excluding carboxylic acids is 4. The lowest BCUT2D eigenvalue weighted by Gasteiger charge is -2.36. The van der Waals surface area contributed by atoms with Crippen LogP contribution in [0.5, 0.6) is 11.5 Å². The van der Waals surface area contributed by atoms with Gasteiger partial charge in [0.1, 0.15) is 35.5 Å². The molecule has 2 unspecified atom stereocenters. The fraction of sp³-hybridized carbons (Fsp3) is 0.494. The first-order valence-corrected chi connectivity index (χ1v) is 36.8. The van der Waals surface area contributed by atoms with Crippen LogP contribution in [0, 0.1) is 11.3 Å². The number of anilines is 2. The molecule has 5 aromatic carbocycles. The third-order valence-corrected chi connectivity index (χ3v) is 21.1. The first kappa shape index (κ1) is 73.4. The number of hydrogen-bond donors (Lipinski definition) is 7. The van der Waals surface area contributed by atoms with Gasteiger partial charge in [-0.1, -0.05) is 59.7 Å². The van der Waals surface area contributed by atoms with Crippen molar-refractivity contribution >= 4 is 73.6 Å². The number of amides is 2. The lowest BCUT2D eigenvalue weighted by molar-refractivity contribution is -0.668. The Morgan fingerprint density at radius 3 is 2.03 bits per heavy atom. The van der Waals surface area contributed by atoms with Gasteiger partial charge in [0.2, 0.25) is 11.8 Å². The van der Waals surface area contributed by atoms with E-state index in [9.17, 15) is 19.2 Å². The molecule has 2 atom stereocenters. The number of nitrogens with one attached hydrogen (secondary N) is 6. The zero-order valence-electron chi connectivity index (χ0n) is 62.1. The standard InChI is InChI=1S/C79H104N18O6/c1-12-55-43-62(80)51(2)69(98)19-14-37-102-59-18-13-17-53(39-59)76-88-67-42-52(74-84-63-24-22-57(44-65(63)86-74)93-33-29-91(10)30-34-93)21-26-68(67)97(76)50-78(6,7)61-41-54(75-85-64-25-23-58(45-66(64)87-75)94-35-31-92(11)32-36-94)40-60(77(3,4)5)73(61)103-38-15-20-72(101)82-27-16-28-96-48-56(89-90-96)47-95(49-71(81)100)79(8,9)70(99)46-83-55/h13,17-18,21-26,39-42,44-45,48,51,55,80,83H,12,14-16,19-20,27-38,43,46-47,49-50H2,1-11H3,(H5,81,82,84,85,86,87,100,101)/p+1. The maximum Gasteiger partial charge on any atom is 0.287 e. The third-order valence-electron chi connectivity index (χ3n) is 21.1. The number of nitrogens with zero attached hydrogens (tertiary/aromatic N) is 11. The number of primary amides is 1. The number of piperazine rings is 2. The maximum absolute atomic E-state index is 14.1. The summed E-state index contributed by atoms with van der Waals surface area (Å²) in [4.78, 5) is 87.1. The second-order valence-corrected chi connectivity index (χ2v) is 30.8. The van der Waals surface area contributed by atoms with E-state index in [1.165, 1.54) is 11.4 Å². The molecule has 3 aliphatic rings. The summed E-state index contributed by atoms with van der Waals surface area (Å²) in [6, 6.07) is 31.8. The summed E-state index contributed by atoms with van der Waals surface area (Å²) in [6.45, 7) is 28.2. The first-order valence-electron chi connectivity index (χ1n) is 36.8. The molecule has 2 saturated heterocycles. The topological polar surface area (TPSA) is 285 Å². The van der Waals surface area contributed by atoms with Gasteiger partial charge in [-0.3, -0.25) is 28.8 Å². The molecule has 0 saturated carbocycles. The van der Waals surface area contributed by atoms with Gasteiger partial charge in [-0.15, -0.1) is 5.10 Å². The van der Waals surface area contributed by atoms with E-state index in [0.29, 0.717) is 56.8 Å². The number of ether oxygens (including phenoxy) is 2. The summed E-state index contributed by atoms with van der Waals surface area (Å²) < 4.78 is 17.7. The van der Waals surface area contributed by atoms with Gasteiger partial charge in [-0.25, -0.2) is 19.5 Å². The van der Waals surface area contributed by atoms with E-state index in [0.717, 1.165) is 136 Å². The molecule has 2 amide bonds. The molecule has 7 heterocycles. The number of H-pyrrole nitrogens is 3. The number of aromatic amines is 3. The highest BCUT2D eigenvalue weighted by atomic mass is 16.5. The van der Waals surface area contributed by atoms with Crippen molar-refractivity contribution in [3.63, 3.8) is 0 Å². The average molecular weight is 1400 g/mol. The van der Waals surface area contributed by atoms with E-state index in [2.05, 4.69) is 182 Å². The molecule has 0 aliphatic carbocycles. The van der Waals surface area contributed by atoms with Crippen LogP contribution in [0.4, 0.5) is 11.4 Å². The van der Waals surface area contributed by atoms with Gasteiger partial charge in [-0.05, 0) is 138 Å². The van der Waals surface area contributed by atoms with Crippen molar-refractivity contribution in [3.8, 4) is 45.7 Å². The van der Waals surface area contributed by atoms with Crippen molar-refractivity contribution in [3.05, 3.63) is 114 Å². The van der Waals surface area contributed by atoms with Crippen molar-refractivity contribution in [2.24, 2.45) is 11.7 Å².